The van der Waals surface area contributed by atoms with Gasteiger partial charge in [-0.3, -0.25) is 4.79 Å². The van der Waals surface area contributed by atoms with Gasteiger partial charge in [-0.15, -0.1) is 0 Å². The van der Waals surface area contributed by atoms with Gasteiger partial charge >= 0.3 is 0 Å². The Labute approximate surface area is 149 Å². The van der Waals surface area contributed by atoms with Crippen LogP contribution in [0.3, 0.4) is 0 Å². The third-order valence-corrected chi connectivity index (χ3v) is 5.74. The van der Waals surface area contributed by atoms with Crippen molar-refractivity contribution in [2.45, 2.75) is 17.4 Å². The van der Waals surface area contributed by atoms with E-state index in [2.05, 4.69) is 10.6 Å². The number of rotatable bonds is 6. The van der Waals surface area contributed by atoms with E-state index in [0.29, 0.717) is 18.9 Å². The SMILES string of the molecule is CN(C)c1ccc(S(=O)(=O)N(C)C)cc1NC(=O)CC1COCCN1. The topological polar surface area (TPSA) is 91.0 Å². The molecule has 1 unspecified atom stereocenters. The number of carbonyl (C=O) groups is 1. The van der Waals surface area contributed by atoms with Gasteiger partial charge in [-0.05, 0) is 18.2 Å². The van der Waals surface area contributed by atoms with Crippen molar-refractivity contribution in [2.75, 3.05) is 58.2 Å². The largest absolute Gasteiger partial charge is 0.378 e. The molecule has 1 aromatic rings. The number of morpholine rings is 1. The highest BCUT2D eigenvalue weighted by Gasteiger charge is 2.21. The number of amides is 1. The average Bonchev–Trinajstić information content (AvgIpc) is 2.55. The molecule has 1 aliphatic heterocycles. The molecule has 1 fully saturated rings. The second-order valence-electron chi connectivity index (χ2n) is 6.34. The van der Waals surface area contributed by atoms with Crippen molar-refractivity contribution < 1.29 is 17.9 Å². The van der Waals surface area contributed by atoms with Gasteiger partial charge in [0.2, 0.25) is 15.9 Å². The monoisotopic (exact) mass is 370 g/mol. The Morgan fingerprint density at radius 2 is 2.04 bits per heavy atom. The van der Waals surface area contributed by atoms with Crippen LogP contribution >= 0.6 is 0 Å². The molecule has 1 amide bonds. The lowest BCUT2D eigenvalue weighted by atomic mass is 10.2. The molecule has 1 atom stereocenters. The molecule has 8 nitrogen and oxygen atoms in total. The fourth-order valence-corrected chi connectivity index (χ4v) is 3.48. The van der Waals surface area contributed by atoms with Gasteiger partial charge in [0.15, 0.2) is 0 Å². The summed E-state index contributed by atoms with van der Waals surface area (Å²) in [7, 11) is 3.05. The molecule has 2 rings (SSSR count). The van der Waals surface area contributed by atoms with Crippen LogP contribution in [-0.4, -0.2) is 72.6 Å². The van der Waals surface area contributed by atoms with Crippen molar-refractivity contribution in [2.24, 2.45) is 0 Å². The summed E-state index contributed by atoms with van der Waals surface area (Å²) in [6.07, 6.45) is 0.261. The van der Waals surface area contributed by atoms with Gasteiger partial charge in [-0.1, -0.05) is 0 Å². The highest BCUT2D eigenvalue weighted by Crippen LogP contribution is 2.28. The molecule has 1 aromatic carbocycles. The van der Waals surface area contributed by atoms with E-state index < -0.39 is 10.0 Å². The van der Waals surface area contributed by atoms with Crippen molar-refractivity contribution >= 4 is 27.3 Å². The third kappa shape index (κ3) is 4.91. The zero-order valence-electron chi connectivity index (χ0n) is 15.1. The summed E-state index contributed by atoms with van der Waals surface area (Å²) >= 11 is 0. The second-order valence-corrected chi connectivity index (χ2v) is 8.49. The predicted molar refractivity (Wildman–Crippen MR) is 97.5 cm³/mol. The van der Waals surface area contributed by atoms with Gasteiger partial charge in [-0.2, -0.15) is 0 Å². The summed E-state index contributed by atoms with van der Waals surface area (Å²) in [5, 5.41) is 6.06. The number of hydrogen-bond donors (Lipinski definition) is 2. The minimum atomic E-state index is -3.57. The van der Waals surface area contributed by atoms with Crippen LogP contribution in [0.1, 0.15) is 6.42 Å². The van der Waals surface area contributed by atoms with E-state index in [-0.39, 0.29) is 23.3 Å². The molecule has 0 saturated carbocycles. The van der Waals surface area contributed by atoms with Gasteiger partial charge in [0, 0.05) is 47.2 Å². The minimum absolute atomic E-state index is 0.0368. The zero-order chi connectivity index (χ0) is 18.6. The quantitative estimate of drug-likeness (QED) is 0.749. The molecular weight excluding hydrogens is 344 g/mol. The fraction of sp³-hybridized carbons (Fsp3) is 0.562. The summed E-state index contributed by atoms with van der Waals surface area (Å²) in [4.78, 5) is 14.3. The van der Waals surface area contributed by atoms with Gasteiger partial charge in [0.1, 0.15) is 0 Å². The van der Waals surface area contributed by atoms with Crippen LogP contribution in [0.4, 0.5) is 11.4 Å². The summed E-state index contributed by atoms with van der Waals surface area (Å²) in [5.74, 6) is -0.189. The van der Waals surface area contributed by atoms with E-state index in [1.165, 1.54) is 26.2 Å². The normalized spacial score (nSPS) is 18.2. The van der Waals surface area contributed by atoms with Gasteiger partial charge in [-0.25, -0.2) is 12.7 Å². The molecule has 0 bridgehead atoms. The molecule has 0 spiro atoms. The molecule has 0 radical (unpaired) electrons. The Morgan fingerprint density at radius 1 is 1.32 bits per heavy atom. The Morgan fingerprint density at radius 3 is 2.60 bits per heavy atom. The first-order valence-corrected chi connectivity index (χ1v) is 9.50. The molecular formula is C16H26N4O4S. The van der Waals surface area contributed by atoms with E-state index in [1.807, 2.05) is 19.0 Å². The maximum atomic E-state index is 12.4. The van der Waals surface area contributed by atoms with Crippen molar-refractivity contribution in [3.05, 3.63) is 18.2 Å². The van der Waals surface area contributed by atoms with Crippen LogP contribution in [0, 0.1) is 0 Å². The third-order valence-electron chi connectivity index (χ3n) is 3.93. The summed E-state index contributed by atoms with van der Waals surface area (Å²) in [5.41, 5.74) is 1.20. The molecule has 1 saturated heterocycles. The molecule has 140 valence electrons. The van der Waals surface area contributed by atoms with E-state index in [4.69, 9.17) is 4.74 Å². The lowest BCUT2D eigenvalue weighted by Gasteiger charge is -2.24. The number of ether oxygens (including phenoxy) is 1. The maximum absolute atomic E-state index is 12.4. The van der Waals surface area contributed by atoms with Gasteiger partial charge < -0.3 is 20.3 Å². The van der Waals surface area contributed by atoms with E-state index >= 15 is 0 Å². The van der Waals surface area contributed by atoms with Crippen LogP contribution in [0.15, 0.2) is 23.1 Å². The molecule has 1 heterocycles. The van der Waals surface area contributed by atoms with Crippen LogP contribution in [0.5, 0.6) is 0 Å². The van der Waals surface area contributed by atoms with Crippen LogP contribution in [0.2, 0.25) is 0 Å². The maximum Gasteiger partial charge on any atom is 0.242 e. The van der Waals surface area contributed by atoms with Crippen LogP contribution in [-0.2, 0) is 19.6 Å². The first-order valence-electron chi connectivity index (χ1n) is 8.06. The number of sulfonamides is 1. The van der Waals surface area contributed by atoms with E-state index in [1.54, 1.807) is 6.07 Å². The molecule has 0 aromatic heterocycles. The number of hydrogen-bond acceptors (Lipinski definition) is 6. The van der Waals surface area contributed by atoms with Crippen molar-refractivity contribution in [1.82, 2.24) is 9.62 Å². The van der Waals surface area contributed by atoms with Crippen molar-refractivity contribution in [3.8, 4) is 0 Å². The minimum Gasteiger partial charge on any atom is -0.378 e. The number of anilines is 2. The first kappa shape index (κ1) is 19.6. The first-order chi connectivity index (χ1) is 11.7. The molecule has 1 aliphatic rings. The number of carbonyl (C=O) groups excluding carboxylic acids is 1. The number of nitrogens with zero attached hydrogens (tertiary/aromatic N) is 2. The molecule has 25 heavy (non-hydrogen) atoms. The average molecular weight is 370 g/mol. The second kappa shape index (κ2) is 8.13. The Kier molecular flexibility index (Phi) is 6.39. The lowest BCUT2D eigenvalue weighted by molar-refractivity contribution is -0.117. The highest BCUT2D eigenvalue weighted by molar-refractivity contribution is 7.89. The van der Waals surface area contributed by atoms with E-state index in [0.717, 1.165) is 16.5 Å². The summed E-state index contributed by atoms with van der Waals surface area (Å²) < 4.78 is 31.2. The van der Waals surface area contributed by atoms with E-state index in [9.17, 15) is 13.2 Å². The fourth-order valence-electron chi connectivity index (χ4n) is 2.55. The Bertz CT molecular complexity index is 713. The number of nitrogens with one attached hydrogen (secondary N) is 2. The van der Waals surface area contributed by atoms with Crippen molar-refractivity contribution in [1.29, 1.82) is 0 Å². The smallest absolute Gasteiger partial charge is 0.242 e. The Hall–Kier alpha value is -1.68. The van der Waals surface area contributed by atoms with Crippen LogP contribution in [0.25, 0.3) is 0 Å². The summed E-state index contributed by atoms with van der Waals surface area (Å²) in [6.45, 7) is 1.85. The zero-order valence-corrected chi connectivity index (χ0v) is 15.9. The molecule has 9 heteroatoms. The molecule has 0 aliphatic carbocycles. The van der Waals surface area contributed by atoms with Crippen LogP contribution < -0.4 is 15.5 Å². The predicted octanol–water partition coefficient (Wildman–Crippen LogP) is 0.320. The van der Waals surface area contributed by atoms with Gasteiger partial charge in [0.05, 0.1) is 29.5 Å². The lowest BCUT2D eigenvalue weighted by Crippen LogP contribution is -2.43. The highest BCUT2D eigenvalue weighted by atomic mass is 32.2. The molecule has 2 N–H and O–H groups in total. The standard InChI is InChI=1S/C16H26N4O4S/c1-19(2)15-6-5-13(25(22,23)20(3)4)10-14(15)18-16(21)9-12-11-24-8-7-17-12/h5-6,10,12,17H,7-9,11H2,1-4H3,(H,18,21). The summed E-state index contributed by atoms with van der Waals surface area (Å²) in [6, 6.07) is 4.68. The van der Waals surface area contributed by atoms with Gasteiger partial charge in [0.25, 0.3) is 0 Å². The number of benzene rings is 1. The Balaban J connectivity index is 2.23. The van der Waals surface area contributed by atoms with Crippen molar-refractivity contribution in [3.63, 3.8) is 0 Å².